The van der Waals surface area contributed by atoms with Crippen LogP contribution in [0.15, 0.2) is 24.3 Å². The highest BCUT2D eigenvalue weighted by Gasteiger charge is 2.46. The molecule has 150 valence electrons. The van der Waals surface area contributed by atoms with E-state index in [1.165, 1.54) is 0 Å². The third kappa shape index (κ3) is 4.29. The van der Waals surface area contributed by atoms with Crippen LogP contribution >= 0.6 is 0 Å². The maximum absolute atomic E-state index is 12.9. The van der Waals surface area contributed by atoms with Gasteiger partial charge in [0.05, 0.1) is 12.4 Å². The van der Waals surface area contributed by atoms with E-state index in [4.69, 9.17) is 4.74 Å². The third-order valence-corrected chi connectivity index (χ3v) is 8.16. The largest absolute Gasteiger partial charge is 0.497 e. The van der Waals surface area contributed by atoms with Crippen molar-refractivity contribution < 1.29 is 17.9 Å². The van der Waals surface area contributed by atoms with Crippen molar-refractivity contribution in [2.24, 2.45) is 11.8 Å². The van der Waals surface area contributed by atoms with Crippen LogP contribution in [-0.2, 0) is 10.0 Å². The number of carbonyl (C=O) groups excluding carboxylic acids is 1. The second-order valence-electron chi connectivity index (χ2n) is 7.99. The lowest BCUT2D eigenvalue weighted by molar-refractivity contribution is 0.0758. The summed E-state index contributed by atoms with van der Waals surface area (Å²) in [5.74, 6) is 1.20. The Balaban J connectivity index is 1.68. The predicted molar refractivity (Wildman–Crippen MR) is 105 cm³/mol. The molecule has 0 radical (unpaired) electrons. The second kappa shape index (κ2) is 8.19. The van der Waals surface area contributed by atoms with E-state index >= 15 is 0 Å². The Bertz CT molecular complexity index is 778. The summed E-state index contributed by atoms with van der Waals surface area (Å²) >= 11 is 0. The van der Waals surface area contributed by atoms with E-state index in [0.29, 0.717) is 49.8 Å². The quantitative estimate of drug-likeness (QED) is 0.770. The number of fused-ring (bicyclic) bond motifs is 1. The smallest absolute Gasteiger partial charge is 0.253 e. The molecular formula is C20H30N2O4S. The van der Waals surface area contributed by atoms with Gasteiger partial charge in [0.15, 0.2) is 0 Å². The molecule has 1 aromatic carbocycles. The maximum atomic E-state index is 12.9. The van der Waals surface area contributed by atoms with Crippen LogP contribution in [0, 0.1) is 11.8 Å². The van der Waals surface area contributed by atoms with Gasteiger partial charge in [0.25, 0.3) is 5.91 Å². The van der Waals surface area contributed by atoms with Crippen molar-refractivity contribution in [2.45, 2.75) is 38.4 Å². The first-order valence-corrected chi connectivity index (χ1v) is 11.3. The third-order valence-electron chi connectivity index (χ3n) is 5.72. The summed E-state index contributed by atoms with van der Waals surface area (Å²) in [4.78, 5) is 14.6. The molecule has 1 aromatic rings. The highest BCUT2D eigenvalue weighted by atomic mass is 32.2. The zero-order chi connectivity index (χ0) is 19.6. The van der Waals surface area contributed by atoms with Crippen LogP contribution in [0.25, 0.3) is 0 Å². The van der Waals surface area contributed by atoms with Crippen molar-refractivity contribution in [1.82, 2.24) is 9.21 Å². The van der Waals surface area contributed by atoms with Crippen LogP contribution in [0.1, 0.15) is 43.5 Å². The number of hydrogen-bond acceptors (Lipinski definition) is 4. The van der Waals surface area contributed by atoms with Gasteiger partial charge < -0.3 is 9.64 Å². The van der Waals surface area contributed by atoms with Crippen molar-refractivity contribution in [1.29, 1.82) is 0 Å². The topological polar surface area (TPSA) is 66.9 Å². The molecule has 0 unspecified atom stereocenters. The molecule has 2 aliphatic heterocycles. The minimum Gasteiger partial charge on any atom is -0.497 e. The van der Waals surface area contributed by atoms with E-state index in [1.807, 2.05) is 6.07 Å². The predicted octanol–water partition coefficient (Wildman–Crippen LogP) is 2.61. The molecule has 0 bridgehead atoms. The molecular weight excluding hydrogens is 364 g/mol. The van der Waals surface area contributed by atoms with E-state index in [0.717, 1.165) is 12.8 Å². The average Bonchev–Trinajstić information content (AvgIpc) is 2.79. The Kier molecular flexibility index (Phi) is 6.11. The van der Waals surface area contributed by atoms with Crippen molar-refractivity contribution in [3.63, 3.8) is 0 Å². The van der Waals surface area contributed by atoms with Gasteiger partial charge in [0.2, 0.25) is 10.0 Å². The number of carbonyl (C=O) groups is 1. The Labute approximate surface area is 162 Å². The van der Waals surface area contributed by atoms with Crippen LogP contribution < -0.4 is 4.74 Å². The minimum atomic E-state index is -3.26. The van der Waals surface area contributed by atoms with E-state index in [-0.39, 0.29) is 17.1 Å². The molecule has 2 aliphatic rings. The lowest BCUT2D eigenvalue weighted by atomic mass is 10.0. The number of benzene rings is 1. The van der Waals surface area contributed by atoms with Gasteiger partial charge in [-0.3, -0.25) is 4.79 Å². The van der Waals surface area contributed by atoms with Gasteiger partial charge in [0, 0.05) is 31.7 Å². The van der Waals surface area contributed by atoms with Crippen LogP contribution in [0.3, 0.4) is 0 Å². The number of hydrogen-bond donors (Lipinski definition) is 0. The molecule has 2 heterocycles. The molecule has 0 aliphatic carbocycles. The summed E-state index contributed by atoms with van der Waals surface area (Å²) in [7, 11) is -1.68. The maximum Gasteiger partial charge on any atom is 0.253 e. The first-order chi connectivity index (χ1) is 12.8. The zero-order valence-corrected chi connectivity index (χ0v) is 17.2. The fourth-order valence-corrected chi connectivity index (χ4v) is 6.31. The van der Waals surface area contributed by atoms with Gasteiger partial charge in [-0.2, -0.15) is 0 Å². The molecule has 3 rings (SSSR count). The second-order valence-corrected chi connectivity index (χ2v) is 10.1. The van der Waals surface area contributed by atoms with Crippen molar-refractivity contribution in [3.8, 4) is 5.75 Å². The van der Waals surface area contributed by atoms with Crippen molar-refractivity contribution >= 4 is 15.9 Å². The number of ether oxygens (including phenoxy) is 1. The molecule has 2 fully saturated rings. The highest BCUT2D eigenvalue weighted by Crippen LogP contribution is 2.35. The summed E-state index contributed by atoms with van der Waals surface area (Å²) in [6, 6.07) is 7.12. The van der Waals surface area contributed by atoms with Crippen molar-refractivity contribution in [3.05, 3.63) is 29.8 Å². The molecule has 0 N–H and O–H groups in total. The number of amides is 1. The van der Waals surface area contributed by atoms with Gasteiger partial charge in [-0.15, -0.1) is 0 Å². The summed E-state index contributed by atoms with van der Waals surface area (Å²) in [5, 5.41) is -0.354. The van der Waals surface area contributed by atoms with E-state index in [1.54, 1.807) is 34.5 Å². The molecule has 27 heavy (non-hydrogen) atoms. The lowest BCUT2D eigenvalue weighted by Gasteiger charge is -2.22. The van der Waals surface area contributed by atoms with Crippen molar-refractivity contribution in [2.75, 3.05) is 33.3 Å². The standard InChI is InChI=1S/C20H30N2O4S/c1-15(2)7-12-22-14-17-8-10-21(11-9-19(17)27(22,24)25)20(23)16-5-4-6-18(13-16)26-3/h4-6,13,15,17,19H,7-12,14H2,1-3H3/t17-,19-/m1/s1. The molecule has 0 spiro atoms. The summed E-state index contributed by atoms with van der Waals surface area (Å²) < 4.78 is 32.7. The van der Waals surface area contributed by atoms with Crippen LogP contribution in [-0.4, -0.2) is 62.1 Å². The normalized spacial score (nSPS) is 25.3. The molecule has 0 saturated carbocycles. The summed E-state index contributed by atoms with van der Waals surface area (Å²) in [5.41, 5.74) is 0.586. The minimum absolute atomic E-state index is 0.0528. The molecule has 7 heteroatoms. The fraction of sp³-hybridized carbons (Fsp3) is 0.650. The monoisotopic (exact) mass is 394 g/mol. The van der Waals surface area contributed by atoms with Gasteiger partial charge in [-0.25, -0.2) is 12.7 Å². The molecule has 0 aromatic heterocycles. The van der Waals surface area contributed by atoms with E-state index < -0.39 is 10.0 Å². The van der Waals surface area contributed by atoms with E-state index in [9.17, 15) is 13.2 Å². The Hall–Kier alpha value is -1.60. The zero-order valence-electron chi connectivity index (χ0n) is 16.4. The van der Waals surface area contributed by atoms with Crippen LogP contribution in [0.5, 0.6) is 5.75 Å². The fourth-order valence-electron chi connectivity index (χ4n) is 4.06. The first-order valence-electron chi connectivity index (χ1n) is 9.75. The molecule has 1 amide bonds. The van der Waals surface area contributed by atoms with Crippen LogP contribution in [0.2, 0.25) is 0 Å². The number of sulfonamides is 1. The summed E-state index contributed by atoms with van der Waals surface area (Å²) in [6.45, 7) is 6.52. The Morgan fingerprint density at radius 3 is 2.70 bits per heavy atom. The SMILES string of the molecule is COc1cccc(C(=O)N2CC[C@@H]3CN(CCC(C)C)S(=O)(=O)[C@@H]3CC2)c1. The highest BCUT2D eigenvalue weighted by molar-refractivity contribution is 7.90. The van der Waals surface area contributed by atoms with Gasteiger partial charge in [-0.05, 0) is 49.3 Å². The van der Waals surface area contributed by atoms with E-state index in [2.05, 4.69) is 13.8 Å². The number of likely N-dealkylation sites (tertiary alicyclic amines) is 1. The van der Waals surface area contributed by atoms with Gasteiger partial charge in [-0.1, -0.05) is 19.9 Å². The lowest BCUT2D eigenvalue weighted by Crippen LogP contribution is -2.35. The number of nitrogens with zero attached hydrogens (tertiary/aromatic N) is 2. The average molecular weight is 395 g/mol. The Morgan fingerprint density at radius 2 is 2.00 bits per heavy atom. The Morgan fingerprint density at radius 1 is 1.26 bits per heavy atom. The summed E-state index contributed by atoms with van der Waals surface area (Å²) in [6.07, 6.45) is 2.14. The van der Waals surface area contributed by atoms with Crippen LogP contribution in [0.4, 0.5) is 0 Å². The number of methoxy groups -OCH3 is 1. The number of rotatable bonds is 5. The molecule has 2 saturated heterocycles. The molecule has 6 nitrogen and oxygen atoms in total. The first kappa shape index (κ1) is 20.1. The molecule has 2 atom stereocenters. The van der Waals surface area contributed by atoms with Gasteiger partial charge in [0.1, 0.15) is 5.75 Å². The van der Waals surface area contributed by atoms with Gasteiger partial charge >= 0.3 is 0 Å².